The van der Waals surface area contributed by atoms with Gasteiger partial charge in [-0.25, -0.2) is 4.40 Å². The highest BCUT2D eigenvalue weighted by molar-refractivity contribution is 8.00. The van der Waals surface area contributed by atoms with E-state index >= 15 is 0 Å². The lowest BCUT2D eigenvalue weighted by atomic mass is 10.3. The number of halogens is 2. The van der Waals surface area contributed by atoms with Gasteiger partial charge in [0.05, 0.1) is 5.75 Å². The van der Waals surface area contributed by atoms with E-state index in [0.29, 0.717) is 58.3 Å². The van der Waals surface area contributed by atoms with Gasteiger partial charge in [-0.3, -0.25) is 4.79 Å². The maximum absolute atomic E-state index is 12.4. The molecular weight excluding hydrogens is 434 g/mol. The van der Waals surface area contributed by atoms with Crippen LogP contribution in [0.25, 0.3) is 5.78 Å². The van der Waals surface area contributed by atoms with Crippen LogP contribution in [0.5, 0.6) is 0 Å². The molecule has 0 aliphatic rings. The number of carbonyl (C=O) groups is 1. The number of carbonyl (C=O) groups excluding carboxylic acids is 1. The van der Waals surface area contributed by atoms with Crippen LogP contribution in [0.1, 0.15) is 13.8 Å². The molecule has 0 radical (unpaired) electrons. The molecule has 3 rings (SSSR count). The fourth-order valence-electron chi connectivity index (χ4n) is 2.44. The highest BCUT2D eigenvalue weighted by Crippen LogP contribution is 2.26. The quantitative estimate of drug-likeness (QED) is 0.397. The lowest BCUT2D eigenvalue weighted by Crippen LogP contribution is -2.15. The van der Waals surface area contributed by atoms with E-state index in [2.05, 4.69) is 36.1 Å². The van der Waals surface area contributed by atoms with E-state index in [9.17, 15) is 13.6 Å². The average molecular weight is 455 g/mol. The number of aromatic nitrogens is 5. The van der Waals surface area contributed by atoms with Crippen LogP contribution < -0.4 is 16.0 Å². The second-order valence-corrected chi connectivity index (χ2v) is 7.80. The number of amides is 1. The van der Waals surface area contributed by atoms with E-state index in [4.69, 9.17) is 0 Å². The van der Waals surface area contributed by atoms with Crippen LogP contribution >= 0.6 is 23.5 Å². The summed E-state index contributed by atoms with van der Waals surface area (Å²) in [4.78, 5) is 21.4. The van der Waals surface area contributed by atoms with Crippen molar-refractivity contribution in [2.24, 2.45) is 0 Å². The molecule has 0 saturated carbocycles. The summed E-state index contributed by atoms with van der Waals surface area (Å²) in [6, 6.07) is 6.24. The minimum Gasteiger partial charge on any atom is -0.355 e. The number of nitrogens with one attached hydrogen (secondary N) is 3. The lowest BCUT2D eigenvalue weighted by Gasteiger charge is -2.09. The molecule has 0 aliphatic carbocycles. The molecule has 1 amide bonds. The zero-order chi connectivity index (χ0) is 21.5. The van der Waals surface area contributed by atoms with Crippen molar-refractivity contribution in [3.8, 4) is 0 Å². The maximum atomic E-state index is 12.4. The molecule has 2 aromatic heterocycles. The highest BCUT2D eigenvalue weighted by atomic mass is 32.2. The van der Waals surface area contributed by atoms with Gasteiger partial charge in [0.2, 0.25) is 17.8 Å². The normalized spacial score (nSPS) is 11.1. The summed E-state index contributed by atoms with van der Waals surface area (Å²) in [6.45, 7) is 5.19. The average Bonchev–Trinajstić information content (AvgIpc) is 3.11. The van der Waals surface area contributed by atoms with Crippen LogP contribution in [0.15, 0.2) is 34.3 Å². The minimum atomic E-state index is -2.48. The summed E-state index contributed by atoms with van der Waals surface area (Å²) in [5.74, 6) is -1.33. The van der Waals surface area contributed by atoms with E-state index in [0.717, 1.165) is 0 Å². The molecule has 0 aliphatic heterocycles. The number of hydrogen-bond acceptors (Lipinski definition) is 9. The molecule has 13 heteroatoms. The summed E-state index contributed by atoms with van der Waals surface area (Å²) in [5, 5.41) is 17.6. The molecule has 0 spiro atoms. The summed E-state index contributed by atoms with van der Waals surface area (Å²) >= 11 is 1.64. The molecule has 1 aromatic carbocycles. The third-order valence-corrected chi connectivity index (χ3v) is 5.26. The van der Waals surface area contributed by atoms with Crippen molar-refractivity contribution in [3.05, 3.63) is 24.3 Å². The van der Waals surface area contributed by atoms with E-state index in [1.54, 1.807) is 16.5 Å². The molecule has 0 saturated heterocycles. The predicted octanol–water partition coefficient (Wildman–Crippen LogP) is 3.43. The monoisotopic (exact) mass is 454 g/mol. The van der Waals surface area contributed by atoms with E-state index in [1.807, 2.05) is 13.8 Å². The van der Waals surface area contributed by atoms with E-state index < -0.39 is 5.76 Å². The maximum Gasteiger partial charge on any atom is 0.288 e. The zero-order valence-corrected chi connectivity index (χ0v) is 17.9. The van der Waals surface area contributed by atoms with Gasteiger partial charge in [-0.2, -0.15) is 18.7 Å². The van der Waals surface area contributed by atoms with Crippen LogP contribution in [0.3, 0.4) is 0 Å². The molecule has 160 valence electrons. The summed E-state index contributed by atoms with van der Waals surface area (Å²) < 4.78 is 26.4. The molecule has 3 N–H and O–H groups in total. The first-order valence-electron chi connectivity index (χ1n) is 9.08. The van der Waals surface area contributed by atoms with Gasteiger partial charge in [0.25, 0.3) is 11.5 Å². The van der Waals surface area contributed by atoms with Gasteiger partial charge in [0.1, 0.15) is 0 Å². The Morgan fingerprint density at radius 2 is 1.83 bits per heavy atom. The summed E-state index contributed by atoms with van der Waals surface area (Å²) in [6.07, 6.45) is 0. The SMILES string of the molecule is CCNc1nc(NCC)n2c(SCC(=O)Nc3ccc(SC(F)F)cc3)nnc2n1. The van der Waals surface area contributed by atoms with Crippen LogP contribution in [-0.2, 0) is 4.79 Å². The first kappa shape index (κ1) is 22.0. The van der Waals surface area contributed by atoms with Gasteiger partial charge >= 0.3 is 0 Å². The Kier molecular flexibility index (Phi) is 7.63. The Morgan fingerprint density at radius 3 is 2.50 bits per heavy atom. The number of hydrogen-bond donors (Lipinski definition) is 3. The van der Waals surface area contributed by atoms with Crippen LogP contribution in [0.2, 0.25) is 0 Å². The number of fused-ring (bicyclic) bond motifs is 1. The van der Waals surface area contributed by atoms with Gasteiger partial charge in [-0.15, -0.1) is 10.2 Å². The fraction of sp³-hybridized carbons (Fsp3) is 0.353. The van der Waals surface area contributed by atoms with Crippen molar-refractivity contribution in [1.29, 1.82) is 0 Å². The lowest BCUT2D eigenvalue weighted by molar-refractivity contribution is -0.113. The fourth-order valence-corrected chi connectivity index (χ4v) is 3.67. The highest BCUT2D eigenvalue weighted by Gasteiger charge is 2.16. The van der Waals surface area contributed by atoms with Crippen LogP contribution in [0.4, 0.5) is 26.4 Å². The van der Waals surface area contributed by atoms with Crippen LogP contribution in [0, 0.1) is 0 Å². The number of benzene rings is 1. The molecule has 0 atom stereocenters. The molecule has 30 heavy (non-hydrogen) atoms. The minimum absolute atomic E-state index is 0.0782. The molecule has 9 nitrogen and oxygen atoms in total. The number of nitrogens with zero attached hydrogens (tertiary/aromatic N) is 5. The largest absolute Gasteiger partial charge is 0.355 e. The molecular formula is C17H20F2N8OS2. The third-order valence-electron chi connectivity index (χ3n) is 3.61. The smallest absolute Gasteiger partial charge is 0.288 e. The Hall–Kier alpha value is -2.67. The van der Waals surface area contributed by atoms with Crippen molar-refractivity contribution in [3.63, 3.8) is 0 Å². The third kappa shape index (κ3) is 5.69. The summed E-state index contributed by atoms with van der Waals surface area (Å²) in [7, 11) is 0. The predicted molar refractivity (Wildman–Crippen MR) is 115 cm³/mol. The second kappa shape index (κ2) is 10.4. The Balaban J connectivity index is 1.67. The van der Waals surface area contributed by atoms with Crippen molar-refractivity contribution >= 4 is 52.8 Å². The molecule has 0 unspecified atom stereocenters. The van der Waals surface area contributed by atoms with Gasteiger partial charge in [0, 0.05) is 23.7 Å². The number of rotatable bonds is 10. The Bertz CT molecular complexity index is 999. The number of anilines is 3. The van der Waals surface area contributed by atoms with Crippen molar-refractivity contribution in [2.45, 2.75) is 29.7 Å². The molecule has 0 bridgehead atoms. The van der Waals surface area contributed by atoms with Gasteiger partial charge in [-0.05, 0) is 38.1 Å². The zero-order valence-electron chi connectivity index (χ0n) is 16.2. The molecule has 0 fully saturated rings. The van der Waals surface area contributed by atoms with E-state index in [-0.39, 0.29) is 11.7 Å². The van der Waals surface area contributed by atoms with E-state index in [1.165, 1.54) is 23.9 Å². The van der Waals surface area contributed by atoms with Gasteiger partial charge in [0.15, 0.2) is 5.16 Å². The second-order valence-electron chi connectivity index (χ2n) is 5.79. The Labute approximate surface area is 179 Å². The van der Waals surface area contributed by atoms with Crippen molar-refractivity contribution in [1.82, 2.24) is 24.6 Å². The first-order chi connectivity index (χ1) is 14.5. The molecule has 3 aromatic rings. The standard InChI is InChI=1S/C17H20F2N8OS2/c1-3-20-14-23-15(21-4-2)27-16(24-14)25-26-17(27)29-9-12(28)22-10-5-7-11(8-6-10)30-13(18)19/h5-8,13H,3-4,9H2,1-2H3,(H,22,28)(H2,20,21,23,24,25). The first-order valence-corrected chi connectivity index (χ1v) is 10.9. The van der Waals surface area contributed by atoms with Crippen molar-refractivity contribution < 1.29 is 13.6 Å². The van der Waals surface area contributed by atoms with Crippen LogP contribution in [-0.4, -0.2) is 55.1 Å². The summed E-state index contributed by atoms with van der Waals surface area (Å²) in [5.41, 5.74) is 0.525. The number of thioether (sulfide) groups is 2. The topological polar surface area (TPSA) is 109 Å². The van der Waals surface area contributed by atoms with Gasteiger partial charge in [-0.1, -0.05) is 23.5 Å². The molecule has 2 heterocycles. The van der Waals surface area contributed by atoms with Crippen molar-refractivity contribution in [2.75, 3.05) is 34.8 Å². The van der Waals surface area contributed by atoms with Gasteiger partial charge < -0.3 is 16.0 Å². The number of alkyl halides is 2. The Morgan fingerprint density at radius 1 is 1.10 bits per heavy atom.